The normalized spacial score (nSPS) is 9.69. The Morgan fingerprint density at radius 1 is 1.46 bits per heavy atom. The number of halogens is 2. The molecular formula is C8H5Cl2NO2. The van der Waals surface area contributed by atoms with Gasteiger partial charge >= 0.3 is 0 Å². The number of benzene rings is 1. The number of hydrogen-bond acceptors (Lipinski definition) is 2. The van der Waals surface area contributed by atoms with Crippen LogP contribution in [0.3, 0.4) is 0 Å². The largest absolute Gasteiger partial charge is 0.296 e. The van der Waals surface area contributed by atoms with Crippen molar-refractivity contribution < 1.29 is 4.92 Å². The zero-order valence-electron chi connectivity index (χ0n) is 6.46. The second-order valence-corrected chi connectivity index (χ2v) is 3.05. The highest BCUT2D eigenvalue weighted by Crippen LogP contribution is 2.34. The van der Waals surface area contributed by atoms with E-state index in [2.05, 4.69) is 6.58 Å². The van der Waals surface area contributed by atoms with E-state index in [1.54, 1.807) is 0 Å². The van der Waals surface area contributed by atoms with E-state index in [1.807, 2.05) is 0 Å². The lowest BCUT2D eigenvalue weighted by Crippen LogP contribution is -1.92. The summed E-state index contributed by atoms with van der Waals surface area (Å²) in [5.74, 6) is 0. The Kier molecular flexibility index (Phi) is 2.90. The van der Waals surface area contributed by atoms with Crippen LogP contribution in [-0.4, -0.2) is 4.92 Å². The molecule has 0 aliphatic carbocycles. The highest BCUT2D eigenvalue weighted by Gasteiger charge is 2.19. The van der Waals surface area contributed by atoms with Crippen molar-refractivity contribution in [2.45, 2.75) is 0 Å². The second-order valence-electron chi connectivity index (χ2n) is 2.26. The van der Waals surface area contributed by atoms with Gasteiger partial charge in [-0.2, -0.15) is 0 Å². The van der Waals surface area contributed by atoms with E-state index in [0.717, 1.165) is 0 Å². The third-order valence-electron chi connectivity index (χ3n) is 1.50. The summed E-state index contributed by atoms with van der Waals surface area (Å²) in [6.07, 6.45) is 1.36. The van der Waals surface area contributed by atoms with Crippen molar-refractivity contribution in [2.75, 3.05) is 0 Å². The summed E-state index contributed by atoms with van der Waals surface area (Å²) in [6.45, 7) is 3.44. The van der Waals surface area contributed by atoms with Crippen LogP contribution in [0.15, 0.2) is 18.7 Å². The van der Waals surface area contributed by atoms with Crippen molar-refractivity contribution in [3.63, 3.8) is 0 Å². The first-order valence-corrected chi connectivity index (χ1v) is 4.08. The summed E-state index contributed by atoms with van der Waals surface area (Å²) in [7, 11) is 0. The van der Waals surface area contributed by atoms with Gasteiger partial charge in [-0.3, -0.25) is 10.1 Å². The quantitative estimate of drug-likeness (QED) is 0.562. The summed E-state index contributed by atoms with van der Waals surface area (Å²) in [4.78, 5) is 9.99. The molecule has 13 heavy (non-hydrogen) atoms. The first-order chi connectivity index (χ1) is 6.07. The molecule has 0 aliphatic rings. The maximum absolute atomic E-state index is 10.6. The smallest absolute Gasteiger partial charge is 0.258 e. The Labute approximate surface area is 84.7 Å². The monoisotopic (exact) mass is 217 g/mol. The van der Waals surface area contributed by atoms with Crippen LogP contribution in [0.5, 0.6) is 0 Å². The van der Waals surface area contributed by atoms with Crippen molar-refractivity contribution >= 4 is 35.0 Å². The SMILES string of the molecule is C=Cc1ccc(Cl)c(Cl)c1[N+](=O)[O-]. The Morgan fingerprint density at radius 2 is 2.08 bits per heavy atom. The molecule has 0 saturated carbocycles. The number of nitrogens with zero attached hydrogens (tertiary/aromatic N) is 1. The maximum atomic E-state index is 10.6. The minimum atomic E-state index is -0.578. The summed E-state index contributed by atoms with van der Waals surface area (Å²) < 4.78 is 0. The minimum absolute atomic E-state index is 0.0518. The van der Waals surface area contributed by atoms with Crippen LogP contribution >= 0.6 is 23.2 Å². The fourth-order valence-electron chi connectivity index (χ4n) is 0.905. The summed E-state index contributed by atoms with van der Waals surface area (Å²) in [5, 5.41) is 10.7. The molecule has 0 N–H and O–H groups in total. The molecule has 1 aromatic carbocycles. The summed E-state index contributed by atoms with van der Waals surface area (Å²) in [6, 6.07) is 2.99. The van der Waals surface area contributed by atoms with Crippen molar-refractivity contribution in [1.29, 1.82) is 0 Å². The van der Waals surface area contributed by atoms with Gasteiger partial charge in [0.25, 0.3) is 5.69 Å². The lowest BCUT2D eigenvalue weighted by Gasteiger charge is -2.00. The standard InChI is InChI=1S/C8H5Cl2NO2/c1-2-5-3-4-6(9)7(10)8(5)11(12)13/h2-4H,1H2. The van der Waals surface area contributed by atoms with E-state index in [9.17, 15) is 10.1 Å². The lowest BCUT2D eigenvalue weighted by atomic mass is 10.2. The molecule has 3 nitrogen and oxygen atoms in total. The van der Waals surface area contributed by atoms with Crippen molar-refractivity contribution in [1.82, 2.24) is 0 Å². The second kappa shape index (κ2) is 3.77. The van der Waals surface area contributed by atoms with Gasteiger partial charge < -0.3 is 0 Å². The molecule has 68 valence electrons. The third kappa shape index (κ3) is 1.82. The number of nitro benzene ring substituents is 1. The fraction of sp³-hybridized carbons (Fsp3) is 0. The van der Waals surface area contributed by atoms with Gasteiger partial charge in [-0.25, -0.2) is 0 Å². The first-order valence-electron chi connectivity index (χ1n) is 3.32. The average molecular weight is 218 g/mol. The Bertz CT molecular complexity index is 377. The van der Waals surface area contributed by atoms with E-state index in [-0.39, 0.29) is 15.7 Å². The molecule has 0 spiro atoms. The van der Waals surface area contributed by atoms with Crippen LogP contribution in [0, 0.1) is 10.1 Å². The van der Waals surface area contributed by atoms with Gasteiger partial charge in [0, 0.05) is 0 Å². The van der Waals surface area contributed by atoms with Gasteiger partial charge in [0.1, 0.15) is 5.02 Å². The topological polar surface area (TPSA) is 43.1 Å². The highest BCUT2D eigenvalue weighted by atomic mass is 35.5. The zero-order valence-corrected chi connectivity index (χ0v) is 7.97. The van der Waals surface area contributed by atoms with E-state index in [1.165, 1.54) is 18.2 Å². The molecular weight excluding hydrogens is 213 g/mol. The fourth-order valence-corrected chi connectivity index (χ4v) is 1.30. The van der Waals surface area contributed by atoms with Gasteiger partial charge in [-0.1, -0.05) is 35.9 Å². The number of hydrogen-bond donors (Lipinski definition) is 0. The zero-order chi connectivity index (χ0) is 10.0. The van der Waals surface area contributed by atoms with Crippen LogP contribution in [0.4, 0.5) is 5.69 Å². The highest BCUT2D eigenvalue weighted by molar-refractivity contribution is 6.43. The van der Waals surface area contributed by atoms with Crippen molar-refractivity contribution in [3.05, 3.63) is 44.4 Å². The summed E-state index contributed by atoms with van der Waals surface area (Å²) in [5.41, 5.74) is 0.156. The molecule has 0 amide bonds. The van der Waals surface area contributed by atoms with Crippen LogP contribution < -0.4 is 0 Å². The first kappa shape index (κ1) is 10.0. The maximum Gasteiger partial charge on any atom is 0.296 e. The van der Waals surface area contributed by atoms with Crippen LogP contribution in [0.1, 0.15) is 5.56 Å². The van der Waals surface area contributed by atoms with Crippen LogP contribution in [0.25, 0.3) is 6.08 Å². The molecule has 0 saturated heterocycles. The Hall–Kier alpha value is -1.06. The van der Waals surface area contributed by atoms with Gasteiger partial charge in [-0.05, 0) is 12.1 Å². The summed E-state index contributed by atoms with van der Waals surface area (Å²) >= 11 is 11.3. The van der Waals surface area contributed by atoms with Gasteiger partial charge in [0.2, 0.25) is 0 Å². The van der Waals surface area contributed by atoms with Crippen molar-refractivity contribution in [2.24, 2.45) is 0 Å². The van der Waals surface area contributed by atoms with E-state index in [0.29, 0.717) is 5.56 Å². The molecule has 0 unspecified atom stereocenters. The lowest BCUT2D eigenvalue weighted by molar-refractivity contribution is -0.384. The predicted molar refractivity (Wildman–Crippen MR) is 53.2 cm³/mol. The minimum Gasteiger partial charge on any atom is -0.258 e. The van der Waals surface area contributed by atoms with Gasteiger partial charge in [-0.15, -0.1) is 0 Å². The third-order valence-corrected chi connectivity index (χ3v) is 2.30. The Balaban J connectivity index is 3.50. The van der Waals surface area contributed by atoms with Gasteiger partial charge in [0.15, 0.2) is 0 Å². The van der Waals surface area contributed by atoms with Crippen molar-refractivity contribution in [3.8, 4) is 0 Å². The van der Waals surface area contributed by atoms with Crippen LogP contribution in [-0.2, 0) is 0 Å². The molecule has 1 aromatic rings. The molecule has 0 aliphatic heterocycles. The molecule has 0 aromatic heterocycles. The number of nitro groups is 1. The molecule has 5 heteroatoms. The predicted octanol–water partition coefficient (Wildman–Crippen LogP) is 3.54. The molecule has 0 atom stereocenters. The molecule has 0 heterocycles. The average Bonchev–Trinajstić information content (AvgIpc) is 2.08. The van der Waals surface area contributed by atoms with Crippen LogP contribution in [0.2, 0.25) is 10.0 Å². The Morgan fingerprint density at radius 3 is 2.54 bits per heavy atom. The van der Waals surface area contributed by atoms with E-state index >= 15 is 0 Å². The molecule has 0 fully saturated rings. The number of rotatable bonds is 2. The van der Waals surface area contributed by atoms with E-state index < -0.39 is 4.92 Å². The van der Waals surface area contributed by atoms with E-state index in [4.69, 9.17) is 23.2 Å². The molecule has 0 radical (unpaired) electrons. The van der Waals surface area contributed by atoms with Gasteiger partial charge in [0.05, 0.1) is 15.5 Å². The molecule has 1 rings (SSSR count). The molecule has 0 bridgehead atoms.